The molecule has 0 spiro atoms. The Hall–Kier alpha value is -2.07. The van der Waals surface area contributed by atoms with Crippen LogP contribution in [-0.4, -0.2) is 44.6 Å². The molecule has 166 valence electrons. The molecule has 0 saturated heterocycles. The topological polar surface area (TPSA) is 36.9 Å². The normalized spacial score (nSPS) is 11.5. The molecule has 0 aromatic heterocycles. The lowest BCUT2D eigenvalue weighted by atomic mass is 10.4. The summed E-state index contributed by atoms with van der Waals surface area (Å²) in [4.78, 5) is 0. The van der Waals surface area contributed by atoms with Crippen molar-refractivity contribution in [3.05, 3.63) is 91.0 Å². The van der Waals surface area contributed by atoms with Crippen molar-refractivity contribution >= 4 is 32.7 Å². The smallest absolute Gasteiger partial charge is 0.391 e. The second-order valence-electron chi connectivity index (χ2n) is 6.93. The highest BCUT2D eigenvalue weighted by Crippen LogP contribution is 2.08. The van der Waals surface area contributed by atoms with Gasteiger partial charge in [0.25, 0.3) is 0 Å². The van der Waals surface area contributed by atoms with Gasteiger partial charge in [0.2, 0.25) is 0 Å². The van der Waals surface area contributed by atoms with Gasteiger partial charge in [0.1, 0.15) is 0 Å². The minimum Gasteiger partial charge on any atom is -0.391 e. The Morgan fingerprint density at radius 3 is 1.16 bits per heavy atom. The first-order valence-corrected chi connectivity index (χ1v) is 14.7. The quantitative estimate of drug-likeness (QED) is 0.463. The standard InChI is InChI=1S/C14H16O2Si.C11H18O2Si/c1-15-17(16-2,13-9-5-3-6-10-13)14-11-7-4-8-12-14;1-4-12-14(3,13-5-2)11-9-7-6-8-10-11/h3-12H,1-2H3;6-10H,4-5H2,1-3H3. The molecule has 0 unspecified atom stereocenters. The van der Waals surface area contributed by atoms with Crippen LogP contribution in [0.1, 0.15) is 13.8 Å². The van der Waals surface area contributed by atoms with Crippen molar-refractivity contribution in [2.75, 3.05) is 27.4 Å². The van der Waals surface area contributed by atoms with Gasteiger partial charge in [0.15, 0.2) is 0 Å². The fourth-order valence-corrected chi connectivity index (χ4v) is 8.56. The zero-order valence-corrected chi connectivity index (χ0v) is 21.2. The molecule has 6 heteroatoms. The maximum absolute atomic E-state index is 5.78. The lowest BCUT2D eigenvalue weighted by molar-refractivity contribution is 0.202. The van der Waals surface area contributed by atoms with Crippen LogP contribution >= 0.6 is 0 Å². The summed E-state index contributed by atoms with van der Waals surface area (Å²) < 4.78 is 23.1. The molecule has 3 aromatic carbocycles. The summed E-state index contributed by atoms with van der Waals surface area (Å²) in [6, 6.07) is 30.5. The Labute approximate surface area is 189 Å². The van der Waals surface area contributed by atoms with Crippen molar-refractivity contribution in [2.24, 2.45) is 0 Å². The second kappa shape index (κ2) is 12.7. The zero-order chi connectivity index (χ0) is 22.6. The first-order valence-electron chi connectivity index (χ1n) is 10.6. The van der Waals surface area contributed by atoms with Gasteiger partial charge in [-0.15, -0.1) is 0 Å². The number of hydrogen-bond donors (Lipinski definition) is 0. The van der Waals surface area contributed by atoms with Gasteiger partial charge >= 0.3 is 17.1 Å². The van der Waals surface area contributed by atoms with Gasteiger partial charge in [0.05, 0.1) is 0 Å². The average molecular weight is 455 g/mol. The lowest BCUT2D eigenvalue weighted by Gasteiger charge is -2.27. The summed E-state index contributed by atoms with van der Waals surface area (Å²) in [6.45, 7) is 7.52. The molecule has 0 N–H and O–H groups in total. The first kappa shape index (κ1) is 25.2. The SMILES string of the molecule is CCO[Si](C)(OCC)c1ccccc1.CO[Si](OC)(c1ccccc1)c1ccccc1. The highest BCUT2D eigenvalue weighted by Gasteiger charge is 2.40. The molecule has 0 fully saturated rings. The Balaban J connectivity index is 0.000000225. The van der Waals surface area contributed by atoms with Crippen molar-refractivity contribution in [3.8, 4) is 0 Å². The van der Waals surface area contributed by atoms with E-state index in [4.69, 9.17) is 17.7 Å². The van der Waals surface area contributed by atoms with Gasteiger partial charge in [-0.25, -0.2) is 0 Å². The molecule has 0 bridgehead atoms. The molecule has 31 heavy (non-hydrogen) atoms. The summed E-state index contributed by atoms with van der Waals surface area (Å²) in [5.74, 6) is 0. The second-order valence-corrected chi connectivity index (χ2v) is 13.2. The van der Waals surface area contributed by atoms with E-state index in [2.05, 4.69) is 42.9 Å². The predicted molar refractivity (Wildman–Crippen MR) is 133 cm³/mol. The van der Waals surface area contributed by atoms with Crippen LogP contribution in [0.4, 0.5) is 0 Å². The van der Waals surface area contributed by atoms with E-state index < -0.39 is 17.1 Å². The number of hydrogen-bond acceptors (Lipinski definition) is 4. The van der Waals surface area contributed by atoms with Crippen LogP contribution in [0.5, 0.6) is 0 Å². The third kappa shape index (κ3) is 6.46. The van der Waals surface area contributed by atoms with Crippen molar-refractivity contribution in [2.45, 2.75) is 20.4 Å². The molecule has 0 radical (unpaired) electrons. The first-order chi connectivity index (χ1) is 15.1. The van der Waals surface area contributed by atoms with Crippen LogP contribution in [0.25, 0.3) is 0 Å². The van der Waals surface area contributed by atoms with E-state index in [1.807, 2.05) is 68.4 Å². The molecule has 3 rings (SSSR count). The van der Waals surface area contributed by atoms with Gasteiger partial charge in [0, 0.05) is 27.4 Å². The number of benzene rings is 3. The predicted octanol–water partition coefficient (Wildman–Crippen LogP) is 3.57. The summed E-state index contributed by atoms with van der Waals surface area (Å²) in [5, 5.41) is 3.44. The third-order valence-corrected chi connectivity index (χ3v) is 11.4. The third-order valence-electron chi connectivity index (χ3n) is 5.02. The van der Waals surface area contributed by atoms with Crippen molar-refractivity contribution in [1.29, 1.82) is 0 Å². The Morgan fingerprint density at radius 2 is 0.871 bits per heavy atom. The largest absolute Gasteiger partial charge is 0.406 e. The molecule has 0 aliphatic rings. The van der Waals surface area contributed by atoms with Crippen LogP contribution in [0.2, 0.25) is 6.55 Å². The zero-order valence-electron chi connectivity index (χ0n) is 19.2. The van der Waals surface area contributed by atoms with E-state index >= 15 is 0 Å². The molecule has 0 saturated carbocycles. The minimum atomic E-state index is -2.50. The van der Waals surface area contributed by atoms with E-state index in [1.54, 1.807) is 14.2 Å². The van der Waals surface area contributed by atoms with Gasteiger partial charge in [-0.2, -0.15) is 0 Å². The molecular formula is C25H34O4Si2. The summed E-state index contributed by atoms with van der Waals surface area (Å²) in [7, 11) is -1.19. The minimum absolute atomic E-state index is 0.706. The van der Waals surface area contributed by atoms with Crippen LogP contribution in [0.15, 0.2) is 91.0 Å². The molecule has 3 aromatic rings. The highest BCUT2D eigenvalue weighted by molar-refractivity contribution is 6.92. The van der Waals surface area contributed by atoms with E-state index in [-0.39, 0.29) is 0 Å². The van der Waals surface area contributed by atoms with E-state index in [9.17, 15) is 0 Å². The van der Waals surface area contributed by atoms with Crippen molar-refractivity contribution < 1.29 is 17.7 Å². The van der Waals surface area contributed by atoms with Crippen LogP contribution in [-0.2, 0) is 17.7 Å². The average Bonchev–Trinajstić information content (AvgIpc) is 2.83. The van der Waals surface area contributed by atoms with Gasteiger partial charge in [-0.3, -0.25) is 0 Å². The monoisotopic (exact) mass is 454 g/mol. The summed E-state index contributed by atoms with van der Waals surface area (Å²) >= 11 is 0. The maximum atomic E-state index is 5.78. The molecule has 0 aliphatic carbocycles. The van der Waals surface area contributed by atoms with Crippen LogP contribution in [0.3, 0.4) is 0 Å². The van der Waals surface area contributed by atoms with Gasteiger partial charge in [-0.05, 0) is 36.0 Å². The van der Waals surface area contributed by atoms with E-state index in [0.29, 0.717) is 13.2 Å². The van der Waals surface area contributed by atoms with Gasteiger partial charge in [-0.1, -0.05) is 91.0 Å². The Morgan fingerprint density at radius 1 is 0.548 bits per heavy atom. The van der Waals surface area contributed by atoms with Crippen LogP contribution in [0, 0.1) is 0 Å². The van der Waals surface area contributed by atoms with Gasteiger partial charge < -0.3 is 17.7 Å². The van der Waals surface area contributed by atoms with Crippen molar-refractivity contribution in [1.82, 2.24) is 0 Å². The van der Waals surface area contributed by atoms with Crippen molar-refractivity contribution in [3.63, 3.8) is 0 Å². The fourth-order valence-electron chi connectivity index (χ4n) is 3.54. The maximum Gasteiger partial charge on any atom is 0.406 e. The molecule has 0 heterocycles. The Kier molecular flexibility index (Phi) is 10.3. The lowest BCUT2D eigenvalue weighted by Crippen LogP contribution is -2.62. The molecule has 0 atom stereocenters. The Bertz CT molecular complexity index is 809. The highest BCUT2D eigenvalue weighted by atomic mass is 28.4. The number of rotatable bonds is 9. The molecular weight excluding hydrogens is 420 g/mol. The van der Waals surface area contributed by atoms with E-state index in [1.165, 1.54) is 5.19 Å². The fraction of sp³-hybridized carbons (Fsp3) is 0.280. The summed E-state index contributed by atoms with van der Waals surface area (Å²) in [6.07, 6.45) is 0. The van der Waals surface area contributed by atoms with Crippen LogP contribution < -0.4 is 15.6 Å². The summed E-state index contributed by atoms with van der Waals surface area (Å²) in [5.41, 5.74) is 0. The molecule has 0 amide bonds. The molecule has 0 aliphatic heterocycles. The van der Waals surface area contributed by atoms with E-state index in [0.717, 1.165) is 10.4 Å². The molecule has 4 nitrogen and oxygen atoms in total.